The van der Waals surface area contributed by atoms with Crippen LogP contribution in [0.2, 0.25) is 5.02 Å². The smallest absolute Gasteiger partial charge is 0.257 e. The number of carbonyl (C=O) groups excluding carboxylic acids is 1. The molecular weight excluding hydrogens is 283 g/mol. The second-order valence-corrected chi connectivity index (χ2v) is 4.42. The SMILES string of the molecule is COc1ncc(Cl)cc1C(=O)NCc1ccccc1F. The molecule has 0 bridgehead atoms. The maximum absolute atomic E-state index is 13.4. The molecule has 0 fully saturated rings. The molecule has 4 nitrogen and oxygen atoms in total. The van der Waals surface area contributed by atoms with E-state index in [1.807, 2.05) is 0 Å². The predicted octanol–water partition coefficient (Wildman–Crippen LogP) is 2.81. The Bertz CT molecular complexity index is 634. The Morgan fingerprint density at radius 2 is 2.20 bits per heavy atom. The van der Waals surface area contributed by atoms with Gasteiger partial charge in [-0.05, 0) is 12.1 Å². The van der Waals surface area contributed by atoms with Crippen LogP contribution in [0.25, 0.3) is 0 Å². The third kappa shape index (κ3) is 3.24. The van der Waals surface area contributed by atoms with Crippen molar-refractivity contribution in [1.29, 1.82) is 0 Å². The van der Waals surface area contributed by atoms with E-state index in [1.165, 1.54) is 25.4 Å². The third-order valence-electron chi connectivity index (χ3n) is 2.65. The van der Waals surface area contributed by atoms with Crippen LogP contribution in [-0.4, -0.2) is 18.0 Å². The van der Waals surface area contributed by atoms with E-state index in [0.717, 1.165) is 0 Å². The highest BCUT2D eigenvalue weighted by molar-refractivity contribution is 6.30. The van der Waals surface area contributed by atoms with E-state index in [-0.39, 0.29) is 23.8 Å². The third-order valence-corrected chi connectivity index (χ3v) is 2.86. The van der Waals surface area contributed by atoms with Crippen LogP contribution in [-0.2, 0) is 6.54 Å². The van der Waals surface area contributed by atoms with Crippen LogP contribution in [0.1, 0.15) is 15.9 Å². The van der Waals surface area contributed by atoms with E-state index in [4.69, 9.17) is 16.3 Å². The zero-order chi connectivity index (χ0) is 14.5. The fraction of sp³-hybridized carbons (Fsp3) is 0.143. The summed E-state index contributed by atoms with van der Waals surface area (Å²) in [7, 11) is 1.41. The molecule has 1 aromatic carbocycles. The molecule has 0 unspecified atom stereocenters. The van der Waals surface area contributed by atoms with E-state index in [9.17, 15) is 9.18 Å². The lowest BCUT2D eigenvalue weighted by atomic mass is 10.2. The fourth-order valence-corrected chi connectivity index (χ4v) is 1.82. The zero-order valence-electron chi connectivity index (χ0n) is 10.7. The van der Waals surface area contributed by atoms with Gasteiger partial charge in [0.25, 0.3) is 5.91 Å². The van der Waals surface area contributed by atoms with E-state index >= 15 is 0 Å². The first-order valence-corrected chi connectivity index (χ1v) is 6.20. The van der Waals surface area contributed by atoms with E-state index < -0.39 is 5.91 Å². The van der Waals surface area contributed by atoms with Gasteiger partial charge >= 0.3 is 0 Å². The van der Waals surface area contributed by atoms with Gasteiger partial charge < -0.3 is 10.1 Å². The Morgan fingerprint density at radius 1 is 1.45 bits per heavy atom. The van der Waals surface area contributed by atoms with Crippen molar-refractivity contribution in [1.82, 2.24) is 10.3 Å². The van der Waals surface area contributed by atoms with Crippen LogP contribution in [0.15, 0.2) is 36.5 Å². The van der Waals surface area contributed by atoms with Gasteiger partial charge in [0.2, 0.25) is 5.88 Å². The Morgan fingerprint density at radius 3 is 2.90 bits per heavy atom. The van der Waals surface area contributed by atoms with Crippen molar-refractivity contribution in [3.8, 4) is 5.88 Å². The maximum Gasteiger partial charge on any atom is 0.257 e. The quantitative estimate of drug-likeness (QED) is 0.943. The van der Waals surface area contributed by atoms with Gasteiger partial charge in [-0.1, -0.05) is 29.8 Å². The van der Waals surface area contributed by atoms with Gasteiger partial charge in [-0.15, -0.1) is 0 Å². The molecule has 1 N–H and O–H groups in total. The average Bonchev–Trinajstić information content (AvgIpc) is 2.46. The second-order valence-electron chi connectivity index (χ2n) is 3.98. The molecule has 104 valence electrons. The van der Waals surface area contributed by atoms with Crippen molar-refractivity contribution >= 4 is 17.5 Å². The number of carbonyl (C=O) groups is 1. The molecule has 0 aliphatic carbocycles. The highest BCUT2D eigenvalue weighted by Gasteiger charge is 2.14. The molecule has 2 rings (SSSR count). The number of pyridine rings is 1. The van der Waals surface area contributed by atoms with Crippen molar-refractivity contribution in [2.45, 2.75) is 6.54 Å². The molecule has 0 aliphatic heterocycles. The number of nitrogens with zero attached hydrogens (tertiary/aromatic N) is 1. The minimum absolute atomic E-state index is 0.0706. The summed E-state index contributed by atoms with van der Waals surface area (Å²) in [6, 6.07) is 7.67. The largest absolute Gasteiger partial charge is 0.480 e. The first-order valence-electron chi connectivity index (χ1n) is 5.83. The average molecular weight is 295 g/mol. The number of methoxy groups -OCH3 is 1. The van der Waals surface area contributed by atoms with E-state index in [2.05, 4.69) is 10.3 Å². The predicted molar refractivity (Wildman–Crippen MR) is 73.4 cm³/mol. The number of hydrogen-bond acceptors (Lipinski definition) is 3. The van der Waals surface area contributed by atoms with E-state index in [0.29, 0.717) is 10.6 Å². The molecule has 0 aliphatic rings. The highest BCUT2D eigenvalue weighted by Crippen LogP contribution is 2.19. The number of aromatic nitrogens is 1. The fourth-order valence-electron chi connectivity index (χ4n) is 1.66. The van der Waals surface area contributed by atoms with Crippen molar-refractivity contribution in [3.05, 3.63) is 58.5 Å². The van der Waals surface area contributed by atoms with Gasteiger partial charge in [-0.3, -0.25) is 4.79 Å². The molecular formula is C14H12ClFN2O2. The molecule has 0 saturated carbocycles. The van der Waals surface area contributed by atoms with Gasteiger partial charge in [0.15, 0.2) is 0 Å². The maximum atomic E-state index is 13.4. The van der Waals surface area contributed by atoms with Gasteiger partial charge in [0.05, 0.1) is 12.1 Å². The standard InChI is InChI=1S/C14H12ClFN2O2/c1-20-14-11(6-10(15)8-18-14)13(19)17-7-9-4-2-3-5-12(9)16/h2-6,8H,7H2,1H3,(H,17,19). The van der Waals surface area contributed by atoms with E-state index in [1.54, 1.807) is 18.2 Å². The number of ether oxygens (including phenoxy) is 1. The molecule has 1 amide bonds. The zero-order valence-corrected chi connectivity index (χ0v) is 11.4. The van der Waals surface area contributed by atoms with Crippen LogP contribution >= 0.6 is 11.6 Å². The summed E-state index contributed by atoms with van der Waals surface area (Å²) in [6.07, 6.45) is 1.38. The van der Waals surface area contributed by atoms with Gasteiger partial charge in [0.1, 0.15) is 11.4 Å². The summed E-state index contributed by atoms with van der Waals surface area (Å²) in [4.78, 5) is 16.0. The van der Waals surface area contributed by atoms with Crippen LogP contribution in [0.5, 0.6) is 5.88 Å². The lowest BCUT2D eigenvalue weighted by Crippen LogP contribution is -2.24. The molecule has 0 saturated heterocycles. The molecule has 20 heavy (non-hydrogen) atoms. The number of nitrogens with one attached hydrogen (secondary N) is 1. The van der Waals surface area contributed by atoms with Crippen LogP contribution in [0.3, 0.4) is 0 Å². The number of benzene rings is 1. The molecule has 0 spiro atoms. The molecule has 0 radical (unpaired) electrons. The molecule has 2 aromatic rings. The summed E-state index contributed by atoms with van der Waals surface area (Å²) >= 11 is 5.80. The summed E-state index contributed by atoms with van der Waals surface area (Å²) in [5.41, 5.74) is 0.603. The van der Waals surface area contributed by atoms with Crippen molar-refractivity contribution in [2.24, 2.45) is 0 Å². The highest BCUT2D eigenvalue weighted by atomic mass is 35.5. The Kier molecular flexibility index (Phi) is 4.53. The summed E-state index contributed by atoms with van der Waals surface area (Å²) in [5, 5.41) is 2.92. The number of rotatable bonds is 4. The lowest BCUT2D eigenvalue weighted by molar-refractivity contribution is 0.0947. The first-order chi connectivity index (χ1) is 9.61. The van der Waals surface area contributed by atoms with Crippen LogP contribution in [0.4, 0.5) is 4.39 Å². The first kappa shape index (κ1) is 14.3. The minimum atomic E-state index is -0.430. The lowest BCUT2D eigenvalue weighted by Gasteiger charge is -2.09. The number of amides is 1. The van der Waals surface area contributed by atoms with Crippen LogP contribution < -0.4 is 10.1 Å². The Balaban J connectivity index is 2.13. The van der Waals surface area contributed by atoms with Gasteiger partial charge in [-0.25, -0.2) is 9.37 Å². The van der Waals surface area contributed by atoms with Gasteiger partial charge in [-0.2, -0.15) is 0 Å². The monoisotopic (exact) mass is 294 g/mol. The summed E-state index contributed by atoms with van der Waals surface area (Å²) < 4.78 is 18.4. The van der Waals surface area contributed by atoms with Crippen molar-refractivity contribution < 1.29 is 13.9 Å². The number of halogens is 2. The summed E-state index contributed by atoms with van der Waals surface area (Å²) in [6.45, 7) is 0.0706. The van der Waals surface area contributed by atoms with Crippen molar-refractivity contribution in [2.75, 3.05) is 7.11 Å². The van der Waals surface area contributed by atoms with Crippen LogP contribution in [0, 0.1) is 5.82 Å². The molecule has 1 heterocycles. The summed E-state index contributed by atoms with van der Waals surface area (Å²) in [5.74, 6) is -0.635. The van der Waals surface area contributed by atoms with Crippen molar-refractivity contribution in [3.63, 3.8) is 0 Å². The topological polar surface area (TPSA) is 51.2 Å². The second kappa shape index (κ2) is 6.34. The number of hydrogen-bond donors (Lipinski definition) is 1. The molecule has 6 heteroatoms. The Labute approximate surface area is 120 Å². The molecule has 0 atom stereocenters. The van der Waals surface area contributed by atoms with Gasteiger partial charge in [0, 0.05) is 18.3 Å². The normalized spacial score (nSPS) is 10.2. The molecule has 1 aromatic heterocycles. The Hall–Kier alpha value is -2.14. The minimum Gasteiger partial charge on any atom is -0.480 e.